The van der Waals surface area contributed by atoms with Gasteiger partial charge in [-0.15, -0.1) is 0 Å². The lowest BCUT2D eigenvalue weighted by Crippen LogP contribution is -2.55. The third kappa shape index (κ3) is 5.36. The summed E-state index contributed by atoms with van der Waals surface area (Å²) in [6.45, 7) is 2.19. The average molecular weight is 474 g/mol. The molecule has 3 heterocycles. The SMILES string of the molecule is C[C@H](NC(=O)c1ccccc1)c1cn2ncc(CNC(=O)[C@H]3NCCC[C@@H]3C(F)(F)F)cc2n1. The van der Waals surface area contributed by atoms with Crippen LogP contribution < -0.4 is 16.0 Å². The van der Waals surface area contributed by atoms with Gasteiger partial charge in [-0.05, 0) is 50.1 Å². The first kappa shape index (κ1) is 23.7. The third-order valence-corrected chi connectivity index (χ3v) is 5.85. The van der Waals surface area contributed by atoms with Crippen molar-refractivity contribution in [1.82, 2.24) is 30.5 Å². The summed E-state index contributed by atoms with van der Waals surface area (Å²) >= 11 is 0. The van der Waals surface area contributed by atoms with Gasteiger partial charge in [-0.25, -0.2) is 9.50 Å². The molecule has 180 valence electrons. The molecule has 2 amide bonds. The maximum absolute atomic E-state index is 13.3. The number of rotatable bonds is 6. The maximum atomic E-state index is 13.3. The number of halogens is 3. The van der Waals surface area contributed by atoms with Crippen LogP contribution in [0.4, 0.5) is 13.2 Å². The van der Waals surface area contributed by atoms with Crippen molar-refractivity contribution in [2.24, 2.45) is 5.92 Å². The van der Waals surface area contributed by atoms with Crippen molar-refractivity contribution < 1.29 is 22.8 Å². The molecule has 3 atom stereocenters. The molecule has 0 aliphatic carbocycles. The van der Waals surface area contributed by atoms with E-state index in [0.29, 0.717) is 35.4 Å². The predicted octanol–water partition coefficient (Wildman–Crippen LogP) is 2.77. The van der Waals surface area contributed by atoms with E-state index in [0.717, 1.165) is 0 Å². The van der Waals surface area contributed by atoms with E-state index in [1.807, 2.05) is 6.07 Å². The lowest BCUT2D eigenvalue weighted by Gasteiger charge is -2.32. The van der Waals surface area contributed by atoms with Gasteiger partial charge in [0.2, 0.25) is 5.91 Å². The molecule has 1 aromatic carbocycles. The molecule has 11 heteroatoms. The molecule has 2 aromatic heterocycles. The molecule has 1 aliphatic rings. The molecule has 0 spiro atoms. The summed E-state index contributed by atoms with van der Waals surface area (Å²) in [6.07, 6.45) is -0.928. The minimum Gasteiger partial charge on any atom is -0.351 e. The zero-order valence-corrected chi connectivity index (χ0v) is 18.5. The van der Waals surface area contributed by atoms with E-state index in [9.17, 15) is 22.8 Å². The Labute approximate surface area is 193 Å². The van der Waals surface area contributed by atoms with Crippen molar-refractivity contribution in [2.45, 2.75) is 44.6 Å². The Morgan fingerprint density at radius 1 is 1.26 bits per heavy atom. The van der Waals surface area contributed by atoms with E-state index in [-0.39, 0.29) is 24.9 Å². The van der Waals surface area contributed by atoms with Gasteiger partial charge < -0.3 is 16.0 Å². The zero-order valence-electron chi connectivity index (χ0n) is 18.5. The number of piperidine rings is 1. The Morgan fingerprint density at radius 2 is 2.03 bits per heavy atom. The second kappa shape index (κ2) is 9.80. The molecule has 3 aromatic rings. The van der Waals surface area contributed by atoms with Gasteiger partial charge in [0, 0.05) is 12.1 Å². The number of amides is 2. The van der Waals surface area contributed by atoms with Gasteiger partial charge in [-0.1, -0.05) is 18.2 Å². The van der Waals surface area contributed by atoms with Gasteiger partial charge in [0.15, 0.2) is 5.65 Å². The van der Waals surface area contributed by atoms with Crippen LogP contribution in [0.2, 0.25) is 0 Å². The second-order valence-electron chi connectivity index (χ2n) is 8.33. The number of carbonyl (C=O) groups is 2. The number of alkyl halides is 3. The minimum absolute atomic E-state index is 0.0214. The van der Waals surface area contributed by atoms with Crippen LogP contribution in [0.25, 0.3) is 5.65 Å². The van der Waals surface area contributed by atoms with E-state index in [1.54, 1.807) is 43.5 Å². The molecule has 4 rings (SSSR count). The van der Waals surface area contributed by atoms with Gasteiger partial charge >= 0.3 is 6.18 Å². The summed E-state index contributed by atoms with van der Waals surface area (Å²) in [4.78, 5) is 29.3. The van der Waals surface area contributed by atoms with Crippen molar-refractivity contribution in [2.75, 3.05) is 6.54 Å². The van der Waals surface area contributed by atoms with Crippen LogP contribution in [-0.2, 0) is 11.3 Å². The average Bonchev–Trinajstić information content (AvgIpc) is 3.26. The smallest absolute Gasteiger partial charge is 0.351 e. The fourth-order valence-corrected chi connectivity index (χ4v) is 4.00. The lowest BCUT2D eigenvalue weighted by atomic mass is 9.89. The minimum atomic E-state index is -4.44. The predicted molar refractivity (Wildman–Crippen MR) is 118 cm³/mol. The maximum Gasteiger partial charge on any atom is 0.393 e. The third-order valence-electron chi connectivity index (χ3n) is 5.85. The molecule has 0 unspecified atom stereocenters. The molecule has 8 nitrogen and oxygen atoms in total. The molecule has 1 saturated heterocycles. The first-order valence-electron chi connectivity index (χ1n) is 11.0. The van der Waals surface area contributed by atoms with E-state index in [4.69, 9.17) is 0 Å². The molecule has 0 saturated carbocycles. The van der Waals surface area contributed by atoms with Crippen molar-refractivity contribution in [3.8, 4) is 0 Å². The Kier molecular flexibility index (Phi) is 6.82. The summed E-state index contributed by atoms with van der Waals surface area (Å²) in [5.74, 6) is -2.62. The Balaban J connectivity index is 1.40. The normalized spacial score (nSPS) is 19.5. The monoisotopic (exact) mass is 474 g/mol. The fourth-order valence-electron chi connectivity index (χ4n) is 4.00. The first-order valence-corrected chi connectivity index (χ1v) is 11.0. The van der Waals surface area contributed by atoms with Crippen LogP contribution >= 0.6 is 0 Å². The van der Waals surface area contributed by atoms with Gasteiger partial charge in [-0.3, -0.25) is 9.59 Å². The van der Waals surface area contributed by atoms with Crippen LogP contribution in [-0.4, -0.2) is 45.2 Å². The van der Waals surface area contributed by atoms with E-state index >= 15 is 0 Å². The summed E-state index contributed by atoms with van der Waals surface area (Å²) in [5, 5.41) is 12.4. The van der Waals surface area contributed by atoms with E-state index in [1.165, 1.54) is 10.7 Å². The quantitative estimate of drug-likeness (QED) is 0.510. The highest BCUT2D eigenvalue weighted by molar-refractivity contribution is 5.94. The molecular weight excluding hydrogens is 449 g/mol. The largest absolute Gasteiger partial charge is 0.393 e. The molecule has 0 bridgehead atoms. The summed E-state index contributed by atoms with van der Waals surface area (Å²) < 4.78 is 41.3. The number of hydrogen-bond acceptors (Lipinski definition) is 5. The highest BCUT2D eigenvalue weighted by atomic mass is 19.4. The van der Waals surface area contributed by atoms with Crippen molar-refractivity contribution in [3.05, 3.63) is 65.6 Å². The Bertz CT molecular complexity index is 1160. The second-order valence-corrected chi connectivity index (χ2v) is 8.33. The van der Waals surface area contributed by atoms with Crippen molar-refractivity contribution >= 4 is 17.5 Å². The number of nitrogens with one attached hydrogen (secondary N) is 3. The van der Waals surface area contributed by atoms with Crippen molar-refractivity contribution in [3.63, 3.8) is 0 Å². The number of carbonyl (C=O) groups excluding carboxylic acids is 2. The van der Waals surface area contributed by atoms with Gasteiger partial charge in [-0.2, -0.15) is 18.3 Å². The lowest BCUT2D eigenvalue weighted by molar-refractivity contribution is -0.190. The molecule has 3 N–H and O–H groups in total. The number of hydrogen-bond donors (Lipinski definition) is 3. The number of aromatic nitrogens is 3. The van der Waals surface area contributed by atoms with Crippen LogP contribution in [0.5, 0.6) is 0 Å². The standard InChI is InChI=1S/C23H25F3N6O2/c1-14(30-21(33)16-6-3-2-4-7-16)18-13-32-19(31-18)10-15(12-29-32)11-28-22(34)20-17(23(24,25)26)8-5-9-27-20/h2-4,6-7,10,12-14,17,20,27H,5,8-9,11H2,1H3,(H,28,34)(H,30,33)/t14-,17-,20-/m0/s1. The van der Waals surface area contributed by atoms with Crippen LogP contribution in [0.1, 0.15) is 47.4 Å². The zero-order chi connectivity index (χ0) is 24.3. The van der Waals surface area contributed by atoms with Crippen LogP contribution in [0, 0.1) is 5.92 Å². The highest BCUT2D eigenvalue weighted by Crippen LogP contribution is 2.34. The molecule has 1 fully saturated rings. The Hall–Kier alpha value is -3.47. The topological polar surface area (TPSA) is 100 Å². The summed E-state index contributed by atoms with van der Waals surface area (Å²) in [7, 11) is 0. The summed E-state index contributed by atoms with van der Waals surface area (Å²) in [6, 6.07) is 8.82. The highest BCUT2D eigenvalue weighted by Gasteiger charge is 2.48. The van der Waals surface area contributed by atoms with Gasteiger partial charge in [0.05, 0.1) is 36.1 Å². The van der Waals surface area contributed by atoms with Crippen molar-refractivity contribution in [1.29, 1.82) is 0 Å². The molecular formula is C23H25F3N6O2. The Morgan fingerprint density at radius 3 is 2.76 bits per heavy atom. The molecule has 1 aliphatic heterocycles. The fraction of sp³-hybridized carbons (Fsp3) is 0.391. The first-order chi connectivity index (χ1) is 16.2. The van der Waals surface area contributed by atoms with E-state index in [2.05, 4.69) is 26.0 Å². The number of fused-ring (bicyclic) bond motifs is 1. The van der Waals surface area contributed by atoms with Crippen LogP contribution in [0.15, 0.2) is 48.8 Å². The van der Waals surface area contributed by atoms with E-state index < -0.39 is 24.0 Å². The number of nitrogens with zero attached hydrogens (tertiary/aromatic N) is 3. The van der Waals surface area contributed by atoms with Crippen LogP contribution in [0.3, 0.4) is 0 Å². The number of imidazole rings is 1. The summed E-state index contributed by atoms with van der Waals surface area (Å²) in [5.41, 5.74) is 2.22. The van der Waals surface area contributed by atoms with Gasteiger partial charge in [0.25, 0.3) is 5.91 Å². The molecule has 0 radical (unpaired) electrons. The molecule has 34 heavy (non-hydrogen) atoms. The van der Waals surface area contributed by atoms with Gasteiger partial charge in [0.1, 0.15) is 0 Å². The number of benzene rings is 1.